The molecule has 0 bridgehead atoms. The van der Waals surface area contributed by atoms with Crippen molar-refractivity contribution in [2.75, 3.05) is 11.9 Å². The summed E-state index contributed by atoms with van der Waals surface area (Å²) >= 11 is 1.05. The predicted molar refractivity (Wildman–Crippen MR) is 92.4 cm³/mol. The van der Waals surface area contributed by atoms with Crippen LogP contribution in [-0.2, 0) is 14.3 Å². The third kappa shape index (κ3) is 4.45. The number of halogens is 1. The van der Waals surface area contributed by atoms with Gasteiger partial charge < -0.3 is 10.1 Å². The number of carbonyl (C=O) groups excluding carboxylic acids is 2. The van der Waals surface area contributed by atoms with Gasteiger partial charge >= 0.3 is 5.97 Å². The van der Waals surface area contributed by atoms with Crippen LogP contribution in [0.1, 0.15) is 5.56 Å². The van der Waals surface area contributed by atoms with Crippen molar-refractivity contribution in [1.29, 1.82) is 0 Å². The molecule has 0 saturated heterocycles. The van der Waals surface area contributed by atoms with Crippen LogP contribution >= 0.6 is 11.7 Å². The molecule has 3 aromatic rings. The number of benzene rings is 2. The van der Waals surface area contributed by atoms with Crippen LogP contribution in [0.5, 0.6) is 0 Å². The average Bonchev–Trinajstić information content (AvgIpc) is 3.08. The molecule has 0 atom stereocenters. The van der Waals surface area contributed by atoms with Crippen LogP contribution in [-0.4, -0.2) is 27.2 Å². The number of carbonyl (C=O) groups is 2. The fraction of sp³-hybridized carbons (Fsp3) is 0.0588. The number of ether oxygens (including phenoxy) is 1. The van der Waals surface area contributed by atoms with Gasteiger partial charge in [-0.05, 0) is 35.9 Å². The van der Waals surface area contributed by atoms with Crippen molar-refractivity contribution in [3.05, 3.63) is 59.9 Å². The van der Waals surface area contributed by atoms with Gasteiger partial charge in [-0.25, -0.2) is 9.18 Å². The lowest BCUT2D eigenvalue weighted by atomic mass is 10.2. The summed E-state index contributed by atoms with van der Waals surface area (Å²) in [7, 11) is 0. The van der Waals surface area contributed by atoms with Gasteiger partial charge in [-0.15, -0.1) is 0 Å². The topological polar surface area (TPSA) is 81.2 Å². The van der Waals surface area contributed by atoms with Gasteiger partial charge in [0.25, 0.3) is 5.91 Å². The summed E-state index contributed by atoms with van der Waals surface area (Å²) in [6.45, 7) is -0.444. The third-order valence-electron chi connectivity index (χ3n) is 3.17. The zero-order valence-corrected chi connectivity index (χ0v) is 13.6. The normalized spacial score (nSPS) is 10.9. The lowest BCUT2D eigenvalue weighted by Gasteiger charge is -2.05. The molecule has 0 aliphatic rings. The maximum atomic E-state index is 13.0. The molecule has 25 heavy (non-hydrogen) atoms. The molecule has 6 nitrogen and oxygen atoms in total. The first-order chi connectivity index (χ1) is 12.1. The zero-order chi connectivity index (χ0) is 17.6. The van der Waals surface area contributed by atoms with Crippen LogP contribution in [0.15, 0.2) is 48.5 Å². The highest BCUT2D eigenvalue weighted by Gasteiger charge is 2.10. The van der Waals surface area contributed by atoms with Gasteiger partial charge in [0.2, 0.25) is 0 Å². The quantitative estimate of drug-likeness (QED) is 0.561. The third-order valence-corrected chi connectivity index (χ3v) is 3.71. The number of amides is 1. The van der Waals surface area contributed by atoms with E-state index in [2.05, 4.69) is 14.1 Å². The molecule has 1 amide bonds. The number of anilines is 1. The number of aromatic nitrogens is 2. The maximum Gasteiger partial charge on any atom is 0.331 e. The highest BCUT2D eigenvalue weighted by atomic mass is 32.1. The Bertz CT molecular complexity index is 955. The molecule has 0 unspecified atom stereocenters. The Balaban J connectivity index is 1.53. The van der Waals surface area contributed by atoms with Gasteiger partial charge in [0.1, 0.15) is 16.9 Å². The van der Waals surface area contributed by atoms with E-state index in [1.165, 1.54) is 24.3 Å². The molecular weight excluding hydrogens is 345 g/mol. The van der Waals surface area contributed by atoms with E-state index in [-0.39, 0.29) is 0 Å². The van der Waals surface area contributed by atoms with Crippen LogP contribution in [0.4, 0.5) is 10.1 Å². The van der Waals surface area contributed by atoms with E-state index < -0.39 is 24.3 Å². The number of hydrogen-bond acceptors (Lipinski definition) is 6. The molecule has 3 rings (SSSR count). The molecule has 0 radical (unpaired) electrons. The molecule has 0 spiro atoms. The lowest BCUT2D eigenvalue weighted by Crippen LogP contribution is -2.20. The molecule has 0 saturated carbocycles. The first kappa shape index (κ1) is 16.7. The van der Waals surface area contributed by atoms with E-state index >= 15 is 0 Å². The summed E-state index contributed by atoms with van der Waals surface area (Å²) in [5, 5.41) is 2.62. The monoisotopic (exact) mass is 357 g/mol. The number of nitrogens with one attached hydrogen (secondary N) is 1. The second-order valence-corrected chi connectivity index (χ2v) is 5.51. The minimum Gasteiger partial charge on any atom is -0.452 e. The lowest BCUT2D eigenvalue weighted by molar-refractivity contribution is -0.142. The second-order valence-electron chi connectivity index (χ2n) is 4.98. The van der Waals surface area contributed by atoms with E-state index in [0.29, 0.717) is 22.3 Å². The standard InChI is InChI=1S/C17H12FN3O3S/c18-12-4-1-3-11(9-12)7-8-16(23)24-10-15(22)19-13-5-2-6-14-17(13)21-25-20-14/h1-9H,10H2,(H,19,22)/b8-7+. The Kier molecular flexibility index (Phi) is 5.10. The van der Waals surface area contributed by atoms with E-state index in [9.17, 15) is 14.0 Å². The van der Waals surface area contributed by atoms with Crippen LogP contribution in [0.2, 0.25) is 0 Å². The number of hydrogen-bond donors (Lipinski definition) is 1. The number of rotatable bonds is 5. The van der Waals surface area contributed by atoms with Crippen molar-refractivity contribution in [3.63, 3.8) is 0 Å². The van der Waals surface area contributed by atoms with Gasteiger partial charge in [-0.3, -0.25) is 4.79 Å². The van der Waals surface area contributed by atoms with Gasteiger partial charge in [-0.2, -0.15) is 8.75 Å². The second kappa shape index (κ2) is 7.63. The molecule has 2 aromatic carbocycles. The van der Waals surface area contributed by atoms with E-state index in [1.807, 2.05) is 0 Å². The van der Waals surface area contributed by atoms with Crippen molar-refractivity contribution in [1.82, 2.24) is 8.75 Å². The summed E-state index contributed by atoms with van der Waals surface area (Å²) < 4.78 is 26.1. The van der Waals surface area contributed by atoms with Crippen molar-refractivity contribution in [2.45, 2.75) is 0 Å². The van der Waals surface area contributed by atoms with Crippen LogP contribution in [0, 0.1) is 5.82 Å². The van der Waals surface area contributed by atoms with Crippen molar-refractivity contribution in [2.24, 2.45) is 0 Å². The first-order valence-electron chi connectivity index (χ1n) is 7.23. The van der Waals surface area contributed by atoms with Crippen molar-refractivity contribution >= 4 is 46.4 Å². The van der Waals surface area contributed by atoms with Crippen molar-refractivity contribution < 1.29 is 18.7 Å². The highest BCUT2D eigenvalue weighted by molar-refractivity contribution is 7.00. The van der Waals surface area contributed by atoms with Crippen molar-refractivity contribution in [3.8, 4) is 0 Å². The first-order valence-corrected chi connectivity index (χ1v) is 7.96. The van der Waals surface area contributed by atoms with Crippen LogP contribution in [0.3, 0.4) is 0 Å². The molecule has 1 heterocycles. The molecule has 8 heteroatoms. The molecule has 1 N–H and O–H groups in total. The Morgan fingerprint density at radius 2 is 2.04 bits per heavy atom. The molecule has 0 aliphatic heterocycles. The van der Waals surface area contributed by atoms with E-state index in [0.717, 1.165) is 17.8 Å². The summed E-state index contributed by atoms with van der Waals surface area (Å²) in [6.07, 6.45) is 2.54. The predicted octanol–water partition coefficient (Wildman–Crippen LogP) is 3.03. The largest absolute Gasteiger partial charge is 0.452 e. The average molecular weight is 357 g/mol. The Hall–Kier alpha value is -3.13. The Labute approximate surface area is 146 Å². The fourth-order valence-electron chi connectivity index (χ4n) is 2.05. The molecule has 1 aromatic heterocycles. The molecular formula is C17H12FN3O3S. The van der Waals surface area contributed by atoms with Gasteiger partial charge in [0, 0.05) is 6.08 Å². The van der Waals surface area contributed by atoms with Gasteiger partial charge in [0.05, 0.1) is 17.4 Å². The summed E-state index contributed by atoms with van der Waals surface area (Å²) in [4.78, 5) is 23.5. The van der Waals surface area contributed by atoms with Gasteiger partial charge in [-0.1, -0.05) is 18.2 Å². The highest BCUT2D eigenvalue weighted by Crippen LogP contribution is 2.20. The maximum absolute atomic E-state index is 13.0. The Morgan fingerprint density at radius 1 is 1.20 bits per heavy atom. The molecule has 126 valence electrons. The van der Waals surface area contributed by atoms with Crippen LogP contribution < -0.4 is 5.32 Å². The van der Waals surface area contributed by atoms with E-state index in [4.69, 9.17) is 4.74 Å². The minimum absolute atomic E-state index is 0.402. The summed E-state index contributed by atoms with van der Waals surface area (Å²) in [5.74, 6) is -1.60. The fourth-order valence-corrected chi connectivity index (χ4v) is 2.60. The van der Waals surface area contributed by atoms with Crippen LogP contribution in [0.25, 0.3) is 17.1 Å². The van der Waals surface area contributed by atoms with E-state index in [1.54, 1.807) is 24.3 Å². The minimum atomic E-state index is -0.701. The SMILES string of the molecule is O=C(COC(=O)/C=C/c1cccc(F)c1)Nc1cccc2nsnc12. The smallest absolute Gasteiger partial charge is 0.331 e. The Morgan fingerprint density at radius 3 is 2.88 bits per heavy atom. The number of esters is 1. The molecule has 0 aliphatic carbocycles. The van der Waals surface area contributed by atoms with Gasteiger partial charge in [0.15, 0.2) is 6.61 Å². The molecule has 0 fully saturated rings. The number of fused-ring (bicyclic) bond motifs is 1. The zero-order valence-electron chi connectivity index (χ0n) is 12.8. The summed E-state index contributed by atoms with van der Waals surface area (Å²) in [6, 6.07) is 11.0. The summed E-state index contributed by atoms with van der Waals surface area (Å²) in [5.41, 5.74) is 2.28. The number of nitrogens with zero attached hydrogens (tertiary/aromatic N) is 2.